The van der Waals surface area contributed by atoms with E-state index in [9.17, 15) is 15.3 Å². The molecule has 6 nitrogen and oxygen atoms in total. The van der Waals surface area contributed by atoms with Crippen LogP contribution < -0.4 is 0 Å². The summed E-state index contributed by atoms with van der Waals surface area (Å²) < 4.78 is 0. The number of aliphatic hydroxyl groups is 5. The maximum absolute atomic E-state index is 9.55. The molecular formula is C10H21NO5. The molecular weight excluding hydrogens is 214 g/mol. The molecule has 0 saturated heterocycles. The lowest BCUT2D eigenvalue weighted by Crippen LogP contribution is -2.49. The van der Waals surface area contributed by atoms with Crippen molar-refractivity contribution < 1.29 is 25.5 Å². The molecule has 0 rings (SSSR count). The van der Waals surface area contributed by atoms with Crippen LogP contribution in [0.25, 0.3) is 0 Å². The van der Waals surface area contributed by atoms with E-state index in [1.54, 1.807) is 18.0 Å². The average Bonchev–Trinajstić information content (AvgIpc) is 2.26. The maximum atomic E-state index is 9.55. The van der Waals surface area contributed by atoms with Crippen molar-refractivity contribution in [2.24, 2.45) is 0 Å². The first kappa shape index (κ1) is 15.5. The molecule has 4 atom stereocenters. The van der Waals surface area contributed by atoms with E-state index in [1.165, 1.54) is 0 Å². The second kappa shape index (κ2) is 7.72. The molecule has 0 aromatic rings. The summed E-state index contributed by atoms with van der Waals surface area (Å²) in [6.07, 6.45) is -4.11. The lowest BCUT2D eigenvalue weighted by molar-refractivity contribution is -0.118. The standard InChI is InChI=1S/C10H21NO5/c1-3-4-11(2)5-7(13)9(15)10(16)8(14)6-12/h3,7-10,12-16H,1,4-6H2,2H3. The maximum Gasteiger partial charge on any atom is 0.111 e. The minimum absolute atomic E-state index is 0.127. The van der Waals surface area contributed by atoms with Gasteiger partial charge in [-0.05, 0) is 7.05 Å². The van der Waals surface area contributed by atoms with Crippen LogP contribution in [0.1, 0.15) is 0 Å². The third-order valence-corrected chi connectivity index (χ3v) is 2.26. The van der Waals surface area contributed by atoms with Crippen LogP contribution in [0.3, 0.4) is 0 Å². The summed E-state index contributed by atoms with van der Waals surface area (Å²) in [5.74, 6) is 0. The van der Waals surface area contributed by atoms with E-state index >= 15 is 0 Å². The highest BCUT2D eigenvalue weighted by molar-refractivity contribution is 4.83. The summed E-state index contributed by atoms with van der Waals surface area (Å²) in [6.45, 7) is 3.51. The SMILES string of the molecule is C=CCN(C)CC(O)C(O)C(O)C(O)CO. The zero-order valence-electron chi connectivity index (χ0n) is 9.40. The average molecular weight is 235 g/mol. The Morgan fingerprint density at radius 1 is 1.12 bits per heavy atom. The first-order valence-electron chi connectivity index (χ1n) is 5.06. The van der Waals surface area contributed by atoms with Crippen LogP contribution in [0.5, 0.6) is 0 Å². The topological polar surface area (TPSA) is 104 Å². The summed E-state index contributed by atoms with van der Waals surface area (Å²) in [5.41, 5.74) is 0. The molecule has 0 bridgehead atoms. The highest BCUT2D eigenvalue weighted by Crippen LogP contribution is 2.06. The third-order valence-electron chi connectivity index (χ3n) is 2.26. The second-order valence-corrected chi connectivity index (χ2v) is 3.81. The molecule has 5 N–H and O–H groups in total. The molecule has 0 radical (unpaired) electrons. The van der Waals surface area contributed by atoms with Crippen molar-refractivity contribution in [3.63, 3.8) is 0 Å². The lowest BCUT2D eigenvalue weighted by Gasteiger charge is -2.28. The van der Waals surface area contributed by atoms with Gasteiger partial charge in [0.2, 0.25) is 0 Å². The van der Waals surface area contributed by atoms with Crippen molar-refractivity contribution in [3.8, 4) is 0 Å². The number of likely N-dealkylation sites (N-methyl/N-ethyl adjacent to an activating group) is 1. The van der Waals surface area contributed by atoms with Gasteiger partial charge in [0.05, 0.1) is 12.7 Å². The summed E-state index contributed by atoms with van der Waals surface area (Å²) in [6, 6.07) is 0. The molecule has 0 aliphatic rings. The van der Waals surface area contributed by atoms with Crippen LogP contribution in [0.4, 0.5) is 0 Å². The van der Waals surface area contributed by atoms with Crippen LogP contribution in [0.15, 0.2) is 12.7 Å². The van der Waals surface area contributed by atoms with Gasteiger partial charge in [0.25, 0.3) is 0 Å². The molecule has 0 aromatic heterocycles. The molecule has 6 heteroatoms. The molecule has 0 spiro atoms. The van der Waals surface area contributed by atoms with Crippen LogP contribution in [0, 0.1) is 0 Å². The first-order chi connectivity index (χ1) is 7.43. The summed E-state index contributed by atoms with van der Waals surface area (Å²) in [4.78, 5) is 1.69. The van der Waals surface area contributed by atoms with E-state index in [2.05, 4.69) is 6.58 Å². The lowest BCUT2D eigenvalue weighted by atomic mass is 10.0. The number of hydrogen-bond acceptors (Lipinski definition) is 6. The number of rotatable bonds is 8. The number of hydrogen-bond donors (Lipinski definition) is 5. The highest BCUT2D eigenvalue weighted by atomic mass is 16.4. The van der Waals surface area contributed by atoms with E-state index < -0.39 is 31.0 Å². The Morgan fingerprint density at radius 2 is 1.62 bits per heavy atom. The fraction of sp³-hybridized carbons (Fsp3) is 0.800. The minimum Gasteiger partial charge on any atom is -0.394 e. The van der Waals surface area contributed by atoms with Crippen molar-refractivity contribution in [2.45, 2.75) is 24.4 Å². The molecule has 16 heavy (non-hydrogen) atoms. The van der Waals surface area contributed by atoms with Gasteiger partial charge in [-0.25, -0.2) is 0 Å². The Kier molecular flexibility index (Phi) is 7.48. The Labute approximate surface area is 95.1 Å². The molecule has 0 amide bonds. The molecule has 4 unspecified atom stereocenters. The van der Waals surface area contributed by atoms with Crippen molar-refractivity contribution in [3.05, 3.63) is 12.7 Å². The Balaban J connectivity index is 4.15. The summed E-state index contributed by atoms with van der Waals surface area (Å²) >= 11 is 0. The second-order valence-electron chi connectivity index (χ2n) is 3.81. The highest BCUT2D eigenvalue weighted by Gasteiger charge is 2.30. The van der Waals surface area contributed by atoms with Gasteiger partial charge >= 0.3 is 0 Å². The zero-order chi connectivity index (χ0) is 12.7. The predicted octanol–water partition coefficient (Wildman–Crippen LogP) is -2.46. The fourth-order valence-electron chi connectivity index (χ4n) is 1.29. The Morgan fingerprint density at radius 3 is 2.06 bits per heavy atom. The van der Waals surface area contributed by atoms with Gasteiger partial charge in [-0.3, -0.25) is 0 Å². The van der Waals surface area contributed by atoms with Gasteiger partial charge in [0.1, 0.15) is 18.3 Å². The largest absolute Gasteiger partial charge is 0.394 e. The molecule has 0 saturated carbocycles. The van der Waals surface area contributed by atoms with Crippen LogP contribution in [-0.4, -0.2) is 81.6 Å². The molecule has 0 aromatic carbocycles. The molecule has 96 valence electrons. The van der Waals surface area contributed by atoms with Crippen LogP contribution in [0.2, 0.25) is 0 Å². The van der Waals surface area contributed by atoms with Crippen molar-refractivity contribution in [1.29, 1.82) is 0 Å². The summed E-state index contributed by atoms with van der Waals surface area (Å²) in [5, 5.41) is 46.0. The predicted molar refractivity (Wildman–Crippen MR) is 58.8 cm³/mol. The van der Waals surface area contributed by atoms with Crippen molar-refractivity contribution in [1.82, 2.24) is 4.90 Å². The normalized spacial score (nSPS) is 19.2. The van der Waals surface area contributed by atoms with E-state index in [0.717, 1.165) is 0 Å². The van der Waals surface area contributed by atoms with E-state index in [-0.39, 0.29) is 6.54 Å². The third kappa shape index (κ3) is 5.02. The summed E-state index contributed by atoms with van der Waals surface area (Å²) in [7, 11) is 1.71. The van der Waals surface area contributed by atoms with Gasteiger partial charge in [0, 0.05) is 13.1 Å². The van der Waals surface area contributed by atoms with Gasteiger partial charge in [-0.1, -0.05) is 6.08 Å². The van der Waals surface area contributed by atoms with E-state index in [4.69, 9.17) is 10.2 Å². The molecule has 0 aliphatic carbocycles. The molecule has 0 fully saturated rings. The fourth-order valence-corrected chi connectivity index (χ4v) is 1.29. The van der Waals surface area contributed by atoms with Gasteiger partial charge in [-0.2, -0.15) is 0 Å². The van der Waals surface area contributed by atoms with E-state index in [1.807, 2.05) is 0 Å². The monoisotopic (exact) mass is 235 g/mol. The Bertz CT molecular complexity index is 202. The Hall–Kier alpha value is -0.500. The van der Waals surface area contributed by atoms with Crippen LogP contribution in [-0.2, 0) is 0 Å². The van der Waals surface area contributed by atoms with Gasteiger partial charge < -0.3 is 30.4 Å². The zero-order valence-corrected chi connectivity index (χ0v) is 9.40. The number of aliphatic hydroxyl groups excluding tert-OH is 5. The van der Waals surface area contributed by atoms with E-state index in [0.29, 0.717) is 6.54 Å². The van der Waals surface area contributed by atoms with Gasteiger partial charge in [0.15, 0.2) is 0 Å². The number of nitrogens with zero attached hydrogens (tertiary/aromatic N) is 1. The first-order valence-corrected chi connectivity index (χ1v) is 5.06. The quantitative estimate of drug-likeness (QED) is 0.299. The van der Waals surface area contributed by atoms with Crippen molar-refractivity contribution in [2.75, 3.05) is 26.7 Å². The van der Waals surface area contributed by atoms with Crippen LogP contribution >= 0.6 is 0 Å². The molecule has 0 aliphatic heterocycles. The van der Waals surface area contributed by atoms with Gasteiger partial charge in [-0.15, -0.1) is 6.58 Å². The minimum atomic E-state index is -1.57. The molecule has 0 heterocycles. The van der Waals surface area contributed by atoms with Crippen molar-refractivity contribution >= 4 is 0 Å². The smallest absolute Gasteiger partial charge is 0.111 e.